The number of halogens is 2. The standard InChI is InChI=1S/C23H27ClFN3O3/c1-4-13-27(16-19-5-9-20(25)10-6-19)17(2)15-26(3)23(29)12-8-18-7-11-21(24)22(14-18)28(30)31/h5-12,14,17H,4,13,15-16H2,1-3H3/b12-8+. The number of rotatable bonds is 10. The maximum atomic E-state index is 13.2. The predicted molar refractivity (Wildman–Crippen MR) is 121 cm³/mol. The molecule has 0 saturated heterocycles. The second kappa shape index (κ2) is 11.6. The Kier molecular flexibility index (Phi) is 9.15. The Hall–Kier alpha value is -2.77. The summed E-state index contributed by atoms with van der Waals surface area (Å²) in [5.41, 5.74) is 1.34. The molecule has 0 heterocycles. The number of benzene rings is 2. The molecule has 8 heteroatoms. The van der Waals surface area contributed by atoms with Gasteiger partial charge < -0.3 is 4.90 Å². The van der Waals surface area contributed by atoms with E-state index in [-0.39, 0.29) is 28.5 Å². The van der Waals surface area contributed by atoms with E-state index >= 15 is 0 Å². The predicted octanol–water partition coefficient (Wildman–Crippen LogP) is 5.16. The zero-order chi connectivity index (χ0) is 23.0. The van der Waals surface area contributed by atoms with Crippen molar-refractivity contribution in [3.63, 3.8) is 0 Å². The summed E-state index contributed by atoms with van der Waals surface area (Å²) in [6.45, 7) is 6.17. The summed E-state index contributed by atoms with van der Waals surface area (Å²) < 4.78 is 13.2. The lowest BCUT2D eigenvalue weighted by Gasteiger charge is -2.31. The van der Waals surface area contributed by atoms with Gasteiger partial charge in [0.1, 0.15) is 10.8 Å². The molecule has 0 saturated carbocycles. The van der Waals surface area contributed by atoms with E-state index in [2.05, 4.69) is 18.7 Å². The highest BCUT2D eigenvalue weighted by Crippen LogP contribution is 2.25. The summed E-state index contributed by atoms with van der Waals surface area (Å²) in [5, 5.41) is 11.1. The lowest BCUT2D eigenvalue weighted by Crippen LogP contribution is -2.42. The van der Waals surface area contributed by atoms with E-state index in [0.717, 1.165) is 18.5 Å². The molecule has 0 radical (unpaired) electrons. The maximum absolute atomic E-state index is 13.2. The SMILES string of the molecule is CCCN(Cc1ccc(F)cc1)C(C)CN(C)C(=O)/C=C/c1ccc(Cl)c([N+](=O)[O-])c1. The quantitative estimate of drug-likeness (QED) is 0.286. The first-order valence-electron chi connectivity index (χ1n) is 10.1. The second-order valence-electron chi connectivity index (χ2n) is 7.47. The Morgan fingerprint density at radius 2 is 1.94 bits per heavy atom. The number of hydrogen-bond acceptors (Lipinski definition) is 4. The van der Waals surface area contributed by atoms with Gasteiger partial charge >= 0.3 is 0 Å². The normalized spacial score (nSPS) is 12.3. The van der Waals surface area contributed by atoms with Gasteiger partial charge in [-0.15, -0.1) is 0 Å². The van der Waals surface area contributed by atoms with E-state index < -0.39 is 4.92 Å². The molecule has 0 aliphatic heterocycles. The molecule has 0 spiro atoms. The molecule has 2 aromatic rings. The summed E-state index contributed by atoms with van der Waals surface area (Å²) in [4.78, 5) is 26.8. The van der Waals surface area contributed by atoms with Crippen molar-refractivity contribution in [3.05, 3.63) is 80.6 Å². The van der Waals surface area contributed by atoms with E-state index in [0.29, 0.717) is 18.7 Å². The van der Waals surface area contributed by atoms with Crippen molar-refractivity contribution in [3.8, 4) is 0 Å². The fraction of sp³-hybridized carbons (Fsp3) is 0.348. The smallest absolute Gasteiger partial charge is 0.288 e. The first-order valence-corrected chi connectivity index (χ1v) is 10.4. The van der Waals surface area contributed by atoms with Crippen LogP contribution >= 0.6 is 11.6 Å². The average Bonchev–Trinajstić information content (AvgIpc) is 2.73. The third kappa shape index (κ3) is 7.45. The zero-order valence-electron chi connectivity index (χ0n) is 17.9. The Labute approximate surface area is 187 Å². The van der Waals surface area contributed by atoms with Gasteiger partial charge in [0, 0.05) is 38.3 Å². The summed E-state index contributed by atoms with van der Waals surface area (Å²) in [5.74, 6) is -0.468. The van der Waals surface area contributed by atoms with Crippen LogP contribution in [-0.2, 0) is 11.3 Å². The van der Waals surface area contributed by atoms with Crippen molar-refractivity contribution in [2.45, 2.75) is 32.9 Å². The van der Waals surface area contributed by atoms with Gasteiger partial charge in [-0.3, -0.25) is 19.8 Å². The van der Waals surface area contributed by atoms with Gasteiger partial charge in [0.25, 0.3) is 5.69 Å². The molecule has 0 N–H and O–H groups in total. The molecule has 2 aromatic carbocycles. The molecule has 2 rings (SSSR count). The van der Waals surface area contributed by atoms with Crippen molar-refractivity contribution in [1.82, 2.24) is 9.80 Å². The Bertz CT molecular complexity index is 934. The van der Waals surface area contributed by atoms with Crippen molar-refractivity contribution >= 4 is 29.3 Å². The van der Waals surface area contributed by atoms with Crippen LogP contribution in [0.15, 0.2) is 48.5 Å². The van der Waals surface area contributed by atoms with Crippen LogP contribution in [-0.4, -0.2) is 46.8 Å². The largest absolute Gasteiger partial charge is 0.341 e. The van der Waals surface area contributed by atoms with Crippen molar-refractivity contribution in [1.29, 1.82) is 0 Å². The lowest BCUT2D eigenvalue weighted by atomic mass is 10.1. The molecule has 31 heavy (non-hydrogen) atoms. The summed E-state index contributed by atoms with van der Waals surface area (Å²) in [6.07, 6.45) is 3.89. The molecule has 0 aromatic heterocycles. The average molecular weight is 448 g/mol. The molecule has 0 fully saturated rings. The molecular weight excluding hydrogens is 421 g/mol. The molecule has 1 atom stereocenters. The number of nitro groups is 1. The number of nitro benzene ring substituents is 1. The van der Waals surface area contributed by atoms with E-state index in [1.54, 1.807) is 30.1 Å². The topological polar surface area (TPSA) is 66.7 Å². The van der Waals surface area contributed by atoms with Crippen LogP contribution in [0.1, 0.15) is 31.4 Å². The summed E-state index contributed by atoms with van der Waals surface area (Å²) in [7, 11) is 1.72. The van der Waals surface area contributed by atoms with E-state index in [1.165, 1.54) is 36.4 Å². The number of hydrogen-bond donors (Lipinski definition) is 0. The molecule has 6 nitrogen and oxygen atoms in total. The molecular formula is C23H27ClFN3O3. The number of nitrogens with zero attached hydrogens (tertiary/aromatic N) is 3. The van der Waals surface area contributed by atoms with Gasteiger partial charge in [-0.1, -0.05) is 36.7 Å². The third-order valence-corrected chi connectivity index (χ3v) is 5.25. The minimum absolute atomic E-state index is 0.0524. The maximum Gasteiger partial charge on any atom is 0.288 e. The number of amides is 1. The van der Waals surface area contributed by atoms with Crippen LogP contribution in [0.2, 0.25) is 5.02 Å². The van der Waals surface area contributed by atoms with Crippen molar-refractivity contribution in [2.24, 2.45) is 0 Å². The van der Waals surface area contributed by atoms with Gasteiger partial charge in [-0.25, -0.2) is 4.39 Å². The molecule has 0 bridgehead atoms. The minimum atomic E-state index is -0.557. The highest BCUT2D eigenvalue weighted by molar-refractivity contribution is 6.32. The fourth-order valence-corrected chi connectivity index (χ4v) is 3.42. The van der Waals surface area contributed by atoms with Crippen LogP contribution in [0.4, 0.5) is 10.1 Å². The molecule has 166 valence electrons. The van der Waals surface area contributed by atoms with Gasteiger partial charge in [0.2, 0.25) is 5.91 Å². The first-order chi connectivity index (χ1) is 14.7. The van der Waals surface area contributed by atoms with Gasteiger partial charge in [-0.2, -0.15) is 0 Å². The van der Waals surface area contributed by atoms with Crippen LogP contribution in [0.5, 0.6) is 0 Å². The molecule has 1 amide bonds. The van der Waals surface area contributed by atoms with Gasteiger partial charge in [0.15, 0.2) is 0 Å². The fourth-order valence-electron chi connectivity index (χ4n) is 3.24. The Balaban J connectivity index is 2.00. The van der Waals surface area contributed by atoms with Gasteiger partial charge in [-0.05, 0) is 55.3 Å². The van der Waals surface area contributed by atoms with Crippen molar-refractivity contribution < 1.29 is 14.1 Å². The minimum Gasteiger partial charge on any atom is -0.341 e. The molecule has 0 aliphatic carbocycles. The highest BCUT2D eigenvalue weighted by Gasteiger charge is 2.18. The summed E-state index contributed by atoms with van der Waals surface area (Å²) in [6, 6.07) is 10.9. The second-order valence-corrected chi connectivity index (χ2v) is 7.87. The summed E-state index contributed by atoms with van der Waals surface area (Å²) >= 11 is 5.82. The van der Waals surface area contributed by atoms with Gasteiger partial charge in [0.05, 0.1) is 4.92 Å². The highest BCUT2D eigenvalue weighted by atomic mass is 35.5. The van der Waals surface area contributed by atoms with Crippen LogP contribution in [0.25, 0.3) is 6.08 Å². The van der Waals surface area contributed by atoms with Crippen LogP contribution in [0.3, 0.4) is 0 Å². The molecule has 1 unspecified atom stereocenters. The number of carbonyl (C=O) groups is 1. The number of carbonyl (C=O) groups excluding carboxylic acids is 1. The van der Waals surface area contributed by atoms with E-state index in [4.69, 9.17) is 11.6 Å². The molecule has 0 aliphatic rings. The van der Waals surface area contributed by atoms with E-state index in [1.807, 2.05) is 0 Å². The van der Waals surface area contributed by atoms with Crippen molar-refractivity contribution in [2.75, 3.05) is 20.1 Å². The Morgan fingerprint density at radius 3 is 2.55 bits per heavy atom. The third-order valence-electron chi connectivity index (χ3n) is 4.93. The zero-order valence-corrected chi connectivity index (χ0v) is 18.7. The van der Waals surface area contributed by atoms with Crippen LogP contribution < -0.4 is 0 Å². The Morgan fingerprint density at radius 1 is 1.26 bits per heavy atom. The van der Waals surface area contributed by atoms with E-state index in [9.17, 15) is 19.3 Å². The monoisotopic (exact) mass is 447 g/mol. The number of likely N-dealkylation sites (N-methyl/N-ethyl adjacent to an activating group) is 1. The first kappa shape index (κ1) is 24.5. The van der Waals surface area contributed by atoms with Crippen LogP contribution in [0, 0.1) is 15.9 Å². The lowest BCUT2D eigenvalue weighted by molar-refractivity contribution is -0.384.